The van der Waals surface area contributed by atoms with Gasteiger partial charge in [-0.2, -0.15) is 5.10 Å². The third-order valence-electron chi connectivity index (χ3n) is 4.25. The highest BCUT2D eigenvalue weighted by Crippen LogP contribution is 2.21. The Labute approximate surface area is 160 Å². The normalized spacial score (nSPS) is 10.9. The van der Waals surface area contributed by atoms with E-state index in [1.54, 1.807) is 12.1 Å². The lowest BCUT2D eigenvalue weighted by Crippen LogP contribution is -2.17. The number of aromatic hydroxyl groups is 1. The highest BCUT2D eigenvalue weighted by Gasteiger charge is 2.10. The third-order valence-corrected chi connectivity index (χ3v) is 4.25. The Morgan fingerprint density at radius 2 is 1.75 bits per heavy atom. The molecule has 0 saturated carbocycles. The molecule has 3 aromatic rings. The lowest BCUT2D eigenvalue weighted by atomic mass is 10.2. The Kier molecular flexibility index (Phi) is 5.21. The van der Waals surface area contributed by atoms with Gasteiger partial charge in [-0.15, -0.1) is 0 Å². The van der Waals surface area contributed by atoms with E-state index in [9.17, 15) is 20.0 Å². The molecular weight excluding hydrogens is 360 g/mol. The van der Waals surface area contributed by atoms with E-state index in [1.807, 2.05) is 38.1 Å². The molecule has 0 bridgehead atoms. The van der Waals surface area contributed by atoms with Crippen molar-refractivity contribution >= 4 is 17.8 Å². The smallest absolute Gasteiger partial charge is 0.271 e. The Hall–Kier alpha value is -3.94. The van der Waals surface area contributed by atoms with Gasteiger partial charge in [-0.25, -0.2) is 5.43 Å². The van der Waals surface area contributed by atoms with Crippen molar-refractivity contribution in [2.75, 3.05) is 0 Å². The summed E-state index contributed by atoms with van der Waals surface area (Å²) in [4.78, 5) is 22.4. The number of aromatic nitrogens is 1. The number of rotatable bonds is 5. The molecule has 0 saturated heterocycles. The Balaban J connectivity index is 1.71. The van der Waals surface area contributed by atoms with Crippen molar-refractivity contribution < 1.29 is 14.8 Å². The first-order valence-corrected chi connectivity index (χ1v) is 8.43. The van der Waals surface area contributed by atoms with Crippen LogP contribution >= 0.6 is 0 Å². The van der Waals surface area contributed by atoms with E-state index in [1.165, 1.54) is 18.2 Å². The zero-order chi connectivity index (χ0) is 20.3. The average molecular weight is 378 g/mol. The van der Waals surface area contributed by atoms with Crippen molar-refractivity contribution in [1.29, 1.82) is 0 Å². The zero-order valence-electron chi connectivity index (χ0n) is 15.3. The van der Waals surface area contributed by atoms with Crippen LogP contribution in [0.3, 0.4) is 0 Å². The zero-order valence-corrected chi connectivity index (χ0v) is 15.3. The number of nitrogens with zero attached hydrogens (tertiary/aromatic N) is 3. The second-order valence-electron chi connectivity index (χ2n) is 6.20. The predicted octanol–water partition coefficient (Wildman–Crippen LogP) is 3.47. The van der Waals surface area contributed by atoms with Gasteiger partial charge in [0.15, 0.2) is 0 Å². The van der Waals surface area contributed by atoms with E-state index in [-0.39, 0.29) is 17.0 Å². The molecule has 3 rings (SSSR count). The number of nitrogens with one attached hydrogen (secondary N) is 1. The number of phenolic OH excluding ortho intramolecular Hbond substituents is 1. The van der Waals surface area contributed by atoms with E-state index in [4.69, 9.17) is 0 Å². The van der Waals surface area contributed by atoms with Crippen LogP contribution in [-0.2, 0) is 0 Å². The topological polar surface area (TPSA) is 110 Å². The molecule has 0 aliphatic rings. The van der Waals surface area contributed by atoms with E-state index in [0.29, 0.717) is 5.56 Å². The maximum Gasteiger partial charge on any atom is 0.271 e. The average Bonchev–Trinajstić information content (AvgIpc) is 3.01. The van der Waals surface area contributed by atoms with Crippen LogP contribution in [-0.4, -0.2) is 26.7 Å². The summed E-state index contributed by atoms with van der Waals surface area (Å²) in [6, 6.07) is 14.6. The second kappa shape index (κ2) is 7.75. The Bertz CT molecular complexity index is 1050. The number of benzene rings is 2. The molecule has 1 aromatic heterocycles. The van der Waals surface area contributed by atoms with E-state index < -0.39 is 10.8 Å². The molecule has 2 N–H and O–H groups in total. The number of carbonyl (C=O) groups is 1. The first kappa shape index (κ1) is 18.8. The van der Waals surface area contributed by atoms with Gasteiger partial charge < -0.3 is 9.67 Å². The molecule has 0 unspecified atom stereocenters. The van der Waals surface area contributed by atoms with Crippen LogP contribution < -0.4 is 5.43 Å². The van der Waals surface area contributed by atoms with E-state index >= 15 is 0 Å². The van der Waals surface area contributed by atoms with Gasteiger partial charge >= 0.3 is 0 Å². The van der Waals surface area contributed by atoms with Crippen LogP contribution in [0.15, 0.2) is 59.7 Å². The summed E-state index contributed by atoms with van der Waals surface area (Å²) in [6.07, 6.45) is 1.15. The minimum absolute atomic E-state index is 0.128. The quantitative estimate of drug-likeness (QED) is 0.402. The third kappa shape index (κ3) is 3.90. The molecule has 0 fully saturated rings. The number of non-ortho nitro benzene ring substituents is 1. The van der Waals surface area contributed by atoms with E-state index in [2.05, 4.69) is 15.1 Å². The number of amides is 1. The van der Waals surface area contributed by atoms with Crippen LogP contribution in [0.25, 0.3) is 5.69 Å². The molecule has 0 spiro atoms. The van der Waals surface area contributed by atoms with Gasteiger partial charge in [-0.05, 0) is 56.3 Å². The lowest BCUT2D eigenvalue weighted by molar-refractivity contribution is -0.384. The van der Waals surface area contributed by atoms with Crippen LogP contribution in [0.2, 0.25) is 0 Å². The van der Waals surface area contributed by atoms with Crippen molar-refractivity contribution in [2.45, 2.75) is 13.8 Å². The summed E-state index contributed by atoms with van der Waals surface area (Å²) in [6.45, 7) is 4.01. The number of hydrazone groups is 1. The molecule has 1 amide bonds. The number of nitro benzene ring substituents is 1. The van der Waals surface area contributed by atoms with Crippen molar-refractivity contribution in [3.05, 3.63) is 87.2 Å². The number of hydrogen-bond acceptors (Lipinski definition) is 5. The van der Waals surface area contributed by atoms with Gasteiger partial charge in [0.1, 0.15) is 5.75 Å². The standard InChI is InChI=1S/C20H18N4O4/c1-13-3-4-14(2)23(13)17-7-5-15(6-8-17)20(26)22-21-12-16-11-18(24(27)28)9-10-19(16)25/h3-12,25H,1-2H3,(H,22,26). The molecular formula is C20H18N4O4. The minimum Gasteiger partial charge on any atom is -0.507 e. The Morgan fingerprint density at radius 1 is 1.11 bits per heavy atom. The van der Waals surface area contributed by atoms with Gasteiger partial charge in [-0.1, -0.05) is 0 Å². The first-order chi connectivity index (χ1) is 13.4. The van der Waals surface area contributed by atoms with Gasteiger partial charge in [0.05, 0.1) is 11.1 Å². The van der Waals surface area contributed by atoms with Crippen LogP contribution in [0.5, 0.6) is 5.75 Å². The number of nitro groups is 1. The van der Waals surface area contributed by atoms with Crippen molar-refractivity contribution in [3.63, 3.8) is 0 Å². The van der Waals surface area contributed by atoms with Gasteiger partial charge in [0, 0.05) is 40.3 Å². The summed E-state index contributed by atoms with van der Waals surface area (Å²) in [5, 5.41) is 24.3. The fraction of sp³-hybridized carbons (Fsp3) is 0.100. The van der Waals surface area contributed by atoms with Crippen LogP contribution in [0.4, 0.5) is 5.69 Å². The number of aryl methyl sites for hydroxylation is 2. The summed E-state index contributed by atoms with van der Waals surface area (Å²) in [7, 11) is 0. The molecule has 142 valence electrons. The van der Waals surface area contributed by atoms with Crippen molar-refractivity contribution in [2.24, 2.45) is 5.10 Å². The molecule has 28 heavy (non-hydrogen) atoms. The first-order valence-electron chi connectivity index (χ1n) is 8.43. The maximum absolute atomic E-state index is 12.2. The summed E-state index contributed by atoms with van der Waals surface area (Å²) < 4.78 is 2.07. The SMILES string of the molecule is Cc1ccc(C)n1-c1ccc(C(=O)NN=Cc2cc([N+](=O)[O-])ccc2O)cc1. The largest absolute Gasteiger partial charge is 0.507 e. The van der Waals surface area contributed by atoms with Crippen LogP contribution in [0, 0.1) is 24.0 Å². The highest BCUT2D eigenvalue weighted by atomic mass is 16.6. The number of carbonyl (C=O) groups excluding carboxylic acids is 1. The minimum atomic E-state index is -0.578. The van der Waals surface area contributed by atoms with E-state index in [0.717, 1.165) is 23.3 Å². The van der Waals surface area contributed by atoms with Gasteiger partial charge in [0.25, 0.3) is 11.6 Å². The monoisotopic (exact) mass is 378 g/mol. The summed E-state index contributed by atoms with van der Waals surface area (Å²) in [5.41, 5.74) is 5.83. The summed E-state index contributed by atoms with van der Waals surface area (Å²) in [5.74, 6) is -0.612. The second-order valence-corrected chi connectivity index (χ2v) is 6.20. The van der Waals surface area contributed by atoms with Gasteiger partial charge in [0.2, 0.25) is 0 Å². The number of hydrogen-bond donors (Lipinski definition) is 2. The molecule has 0 aliphatic heterocycles. The molecule has 8 nitrogen and oxygen atoms in total. The van der Waals surface area contributed by atoms with Crippen LogP contribution in [0.1, 0.15) is 27.3 Å². The molecule has 8 heteroatoms. The van der Waals surface area contributed by atoms with Crippen molar-refractivity contribution in [3.8, 4) is 11.4 Å². The Morgan fingerprint density at radius 3 is 2.36 bits per heavy atom. The molecule has 0 atom stereocenters. The predicted molar refractivity (Wildman–Crippen MR) is 105 cm³/mol. The molecule has 1 heterocycles. The van der Waals surface area contributed by atoms with Gasteiger partial charge in [-0.3, -0.25) is 14.9 Å². The lowest BCUT2D eigenvalue weighted by Gasteiger charge is -2.10. The maximum atomic E-state index is 12.2. The summed E-state index contributed by atoms with van der Waals surface area (Å²) >= 11 is 0. The number of phenols is 1. The van der Waals surface area contributed by atoms with Crippen molar-refractivity contribution in [1.82, 2.24) is 9.99 Å². The molecule has 2 aromatic carbocycles. The molecule has 0 radical (unpaired) electrons. The fourth-order valence-electron chi connectivity index (χ4n) is 2.82. The highest BCUT2D eigenvalue weighted by molar-refractivity contribution is 5.95. The fourth-order valence-corrected chi connectivity index (χ4v) is 2.82. The molecule has 0 aliphatic carbocycles.